The van der Waals surface area contributed by atoms with Gasteiger partial charge in [0.05, 0.1) is 6.61 Å². The molecule has 0 amide bonds. The molecule has 212 valence electrons. The van der Waals surface area contributed by atoms with E-state index in [1.54, 1.807) is 0 Å². The van der Waals surface area contributed by atoms with Crippen molar-refractivity contribution in [2.75, 3.05) is 31.7 Å². The summed E-state index contributed by atoms with van der Waals surface area (Å²) in [6, 6.07) is 15.8. The van der Waals surface area contributed by atoms with Gasteiger partial charge >= 0.3 is 0 Å². The highest BCUT2D eigenvalue weighted by Gasteiger charge is 2.39. The summed E-state index contributed by atoms with van der Waals surface area (Å²) in [4.78, 5) is 5.07. The van der Waals surface area contributed by atoms with Gasteiger partial charge in [-0.15, -0.1) is 0 Å². The molecule has 0 saturated carbocycles. The van der Waals surface area contributed by atoms with Crippen LogP contribution in [-0.2, 0) is 0 Å². The molecule has 0 aliphatic carbocycles. The van der Waals surface area contributed by atoms with Crippen LogP contribution in [0.15, 0.2) is 48.5 Å². The number of nitrogens with zero attached hydrogens (tertiary/aromatic N) is 2. The predicted molar refractivity (Wildman–Crippen MR) is 161 cm³/mol. The van der Waals surface area contributed by atoms with Crippen LogP contribution >= 0.6 is 0 Å². The quantitative estimate of drug-likeness (QED) is 0.227. The van der Waals surface area contributed by atoms with Crippen molar-refractivity contribution in [3.8, 4) is 34.4 Å². The van der Waals surface area contributed by atoms with E-state index in [0.717, 1.165) is 51.0 Å². The van der Waals surface area contributed by atoms with E-state index in [1.807, 2.05) is 40.8 Å². The van der Waals surface area contributed by atoms with E-state index in [0.29, 0.717) is 24.8 Å². The van der Waals surface area contributed by atoms with E-state index < -0.39 is 8.32 Å². The number of aliphatic hydroxyl groups is 1. The van der Waals surface area contributed by atoms with Gasteiger partial charge < -0.3 is 29.1 Å². The molecule has 9 heteroatoms. The molecule has 3 heterocycles. The molecule has 1 aliphatic heterocycles. The molecule has 0 radical (unpaired) electrons. The normalized spacial score (nSPS) is 13.4. The number of aliphatic hydroxyl groups excluding tert-OH is 1. The zero-order valence-electron chi connectivity index (χ0n) is 24.4. The lowest BCUT2D eigenvalue weighted by atomic mass is 9.99. The molecule has 1 aliphatic rings. The molecule has 0 atom stereocenters. The van der Waals surface area contributed by atoms with Gasteiger partial charge in [-0.1, -0.05) is 26.8 Å². The number of pyridine rings is 1. The van der Waals surface area contributed by atoms with Gasteiger partial charge in [0, 0.05) is 17.3 Å². The summed E-state index contributed by atoms with van der Waals surface area (Å²) >= 11 is 0. The molecular weight excluding hydrogens is 522 g/mol. The van der Waals surface area contributed by atoms with Crippen LogP contribution in [0.3, 0.4) is 0 Å². The van der Waals surface area contributed by atoms with Crippen molar-refractivity contribution in [3.63, 3.8) is 0 Å². The Labute approximate surface area is 237 Å². The largest absolute Gasteiger partial charge is 0.543 e. The van der Waals surface area contributed by atoms with Crippen molar-refractivity contribution >= 4 is 25.5 Å². The minimum Gasteiger partial charge on any atom is -0.543 e. The number of aromatic nitrogens is 2. The van der Waals surface area contributed by atoms with Gasteiger partial charge in [0.25, 0.3) is 0 Å². The average molecular weight is 562 g/mol. The molecule has 5 rings (SSSR count). The number of anilines is 2. The van der Waals surface area contributed by atoms with Crippen molar-refractivity contribution in [2.24, 2.45) is 0 Å². The summed E-state index contributed by atoms with van der Waals surface area (Å²) in [5.74, 6) is 3.65. The monoisotopic (exact) mass is 561 g/mol. The van der Waals surface area contributed by atoms with Gasteiger partial charge in [-0.2, -0.15) is 0 Å². The van der Waals surface area contributed by atoms with E-state index in [9.17, 15) is 5.11 Å². The van der Waals surface area contributed by atoms with Crippen LogP contribution in [0.25, 0.3) is 16.9 Å². The van der Waals surface area contributed by atoms with Crippen LogP contribution in [0.2, 0.25) is 18.1 Å². The summed E-state index contributed by atoms with van der Waals surface area (Å²) in [6.45, 7) is 16.6. The van der Waals surface area contributed by atoms with E-state index in [1.165, 1.54) is 0 Å². The Balaban J connectivity index is 1.64. The Morgan fingerprint density at radius 1 is 1.00 bits per heavy atom. The lowest BCUT2D eigenvalue weighted by Gasteiger charge is -2.36. The second-order valence-corrected chi connectivity index (χ2v) is 16.4. The number of benzene rings is 2. The zero-order chi connectivity index (χ0) is 28.7. The van der Waals surface area contributed by atoms with Crippen LogP contribution in [0.1, 0.15) is 31.9 Å². The first kappa shape index (κ1) is 27.9. The van der Waals surface area contributed by atoms with Gasteiger partial charge in [-0.05, 0) is 79.5 Å². The summed E-state index contributed by atoms with van der Waals surface area (Å²) in [7, 11) is -2.00. The van der Waals surface area contributed by atoms with Crippen LogP contribution < -0.4 is 24.0 Å². The lowest BCUT2D eigenvalue weighted by molar-refractivity contribution is 0.171. The Morgan fingerprint density at radius 3 is 2.38 bits per heavy atom. The summed E-state index contributed by atoms with van der Waals surface area (Å²) < 4.78 is 26.1. The number of rotatable bonds is 8. The van der Waals surface area contributed by atoms with Crippen molar-refractivity contribution < 1.29 is 23.7 Å². The molecule has 0 saturated heterocycles. The molecule has 4 aromatic rings. The first-order valence-corrected chi connectivity index (χ1v) is 16.6. The number of hydrogen-bond donors (Lipinski definition) is 2. The van der Waals surface area contributed by atoms with Gasteiger partial charge in [-0.25, -0.2) is 9.38 Å². The summed E-state index contributed by atoms with van der Waals surface area (Å²) in [6.07, 6.45) is 0. The fraction of sp³-hybridized carbons (Fsp3) is 0.387. The Hall–Kier alpha value is -3.69. The van der Waals surface area contributed by atoms with Crippen LogP contribution in [0.5, 0.6) is 23.1 Å². The SMILES string of the molecule is Cc1cc(O[Si](C)(C)C(C)(C)C)cc(C)c1-c1nc2cccc(OCCO)n2c1Nc1ccc2c(c1)OCCO2. The van der Waals surface area contributed by atoms with Crippen molar-refractivity contribution in [2.45, 2.75) is 52.8 Å². The van der Waals surface area contributed by atoms with E-state index in [2.05, 4.69) is 65.2 Å². The number of fused-ring (bicyclic) bond motifs is 2. The minimum absolute atomic E-state index is 0.0865. The first-order chi connectivity index (χ1) is 19.0. The van der Waals surface area contributed by atoms with E-state index in [4.69, 9.17) is 23.6 Å². The standard InChI is InChI=1S/C31H39N3O5Si/c1-20-17-23(39-40(6,7)31(3,4)5)18-21(2)28(20)29-30(32-22-11-12-24-25(19-22)37-16-15-36-24)34-26(33-29)9-8-10-27(34)38-14-13-35/h8-12,17-19,32,35H,13-16H2,1-7H3. The number of ether oxygens (including phenoxy) is 3. The number of aryl methyl sites for hydroxylation is 2. The second-order valence-electron chi connectivity index (χ2n) is 11.7. The molecule has 40 heavy (non-hydrogen) atoms. The molecule has 2 aromatic heterocycles. The number of imidazole rings is 1. The first-order valence-electron chi connectivity index (χ1n) is 13.7. The highest BCUT2D eigenvalue weighted by Crippen LogP contribution is 2.42. The average Bonchev–Trinajstić information content (AvgIpc) is 3.24. The predicted octanol–water partition coefficient (Wildman–Crippen LogP) is 6.89. The molecule has 8 nitrogen and oxygen atoms in total. The number of nitrogens with one attached hydrogen (secondary N) is 1. The topological polar surface area (TPSA) is 86.5 Å². The van der Waals surface area contributed by atoms with Gasteiger partial charge in [-0.3, -0.25) is 0 Å². The zero-order valence-corrected chi connectivity index (χ0v) is 25.4. The highest BCUT2D eigenvalue weighted by atomic mass is 28.4. The fourth-order valence-electron chi connectivity index (χ4n) is 4.68. The van der Waals surface area contributed by atoms with Crippen LogP contribution in [-0.4, -0.2) is 49.2 Å². The highest BCUT2D eigenvalue weighted by molar-refractivity contribution is 6.74. The molecule has 0 fully saturated rings. The third-order valence-corrected chi connectivity index (χ3v) is 12.0. The maximum Gasteiger partial charge on any atom is 0.250 e. The Bertz CT molecular complexity index is 1520. The van der Waals surface area contributed by atoms with E-state index in [-0.39, 0.29) is 18.3 Å². The van der Waals surface area contributed by atoms with Crippen molar-refractivity contribution in [1.82, 2.24) is 9.38 Å². The third-order valence-electron chi connectivity index (χ3n) is 7.68. The third kappa shape index (κ3) is 5.35. The van der Waals surface area contributed by atoms with Gasteiger partial charge in [0.1, 0.15) is 42.7 Å². The maximum atomic E-state index is 9.43. The second kappa shape index (κ2) is 10.7. The van der Waals surface area contributed by atoms with Crippen LogP contribution in [0, 0.1) is 13.8 Å². The Morgan fingerprint density at radius 2 is 1.70 bits per heavy atom. The minimum atomic E-state index is -2.00. The Kier molecular flexibility index (Phi) is 7.45. The van der Waals surface area contributed by atoms with Crippen molar-refractivity contribution in [1.29, 1.82) is 0 Å². The molecule has 0 spiro atoms. The van der Waals surface area contributed by atoms with Gasteiger partial charge in [0.15, 0.2) is 11.5 Å². The maximum absolute atomic E-state index is 9.43. The van der Waals surface area contributed by atoms with Crippen LogP contribution in [0.4, 0.5) is 11.5 Å². The molecule has 2 N–H and O–H groups in total. The van der Waals surface area contributed by atoms with E-state index >= 15 is 0 Å². The molecular formula is C31H39N3O5Si. The number of hydrogen-bond acceptors (Lipinski definition) is 7. The summed E-state index contributed by atoms with van der Waals surface area (Å²) in [5, 5.41) is 13.1. The lowest BCUT2D eigenvalue weighted by Crippen LogP contribution is -2.43. The van der Waals surface area contributed by atoms with Gasteiger partial charge in [0.2, 0.25) is 14.2 Å². The fourth-order valence-corrected chi connectivity index (χ4v) is 5.69. The molecule has 0 bridgehead atoms. The molecule has 0 unspecified atom stereocenters. The smallest absolute Gasteiger partial charge is 0.250 e. The van der Waals surface area contributed by atoms with Crippen molar-refractivity contribution in [3.05, 3.63) is 59.7 Å². The molecule has 2 aromatic carbocycles. The summed E-state index contributed by atoms with van der Waals surface area (Å²) in [5.41, 5.74) is 5.52.